The number of guanidine groups is 1. The molecular weight excluding hydrogens is 429 g/mol. The highest BCUT2D eigenvalue weighted by atomic mass is 127. The molecule has 0 aliphatic heterocycles. The molecule has 7 heteroatoms. The standard InChI is InChI=1S/C18H31N5O.HI/c1-13(2)17-10-16(24-22-17)11-21-18(19-3)20-8-9-23(15-6-7-15)12-14-4-5-14;/h10,13-15H,4-9,11-12H2,1-3H3,(H2,19,20,21);1H. The molecule has 25 heavy (non-hydrogen) atoms. The Morgan fingerprint density at radius 2 is 2.08 bits per heavy atom. The number of hydrogen-bond acceptors (Lipinski definition) is 4. The number of halogens is 1. The minimum atomic E-state index is 0. The van der Waals surface area contributed by atoms with Gasteiger partial charge >= 0.3 is 0 Å². The number of rotatable bonds is 9. The van der Waals surface area contributed by atoms with Crippen molar-refractivity contribution in [3.8, 4) is 0 Å². The van der Waals surface area contributed by atoms with Gasteiger partial charge in [-0.05, 0) is 37.5 Å². The first-order valence-electron chi connectivity index (χ1n) is 9.29. The van der Waals surface area contributed by atoms with Crippen LogP contribution in [0.15, 0.2) is 15.6 Å². The molecule has 0 spiro atoms. The third-order valence-electron chi connectivity index (χ3n) is 4.77. The summed E-state index contributed by atoms with van der Waals surface area (Å²) in [4.78, 5) is 6.95. The molecule has 1 aromatic heterocycles. The zero-order chi connectivity index (χ0) is 16.9. The number of nitrogens with one attached hydrogen (secondary N) is 2. The lowest BCUT2D eigenvalue weighted by Crippen LogP contribution is -2.42. The molecule has 2 aliphatic carbocycles. The third kappa shape index (κ3) is 6.77. The van der Waals surface area contributed by atoms with Crippen molar-refractivity contribution in [2.24, 2.45) is 10.9 Å². The van der Waals surface area contributed by atoms with E-state index in [0.717, 1.165) is 42.5 Å². The molecule has 3 rings (SSSR count). The molecule has 2 fully saturated rings. The fourth-order valence-electron chi connectivity index (χ4n) is 2.89. The Kier molecular flexibility index (Phi) is 7.99. The van der Waals surface area contributed by atoms with Gasteiger partial charge in [0.25, 0.3) is 0 Å². The van der Waals surface area contributed by atoms with E-state index in [0.29, 0.717) is 12.5 Å². The first-order valence-corrected chi connectivity index (χ1v) is 9.29. The molecule has 0 bridgehead atoms. The molecular formula is C18H32IN5O. The van der Waals surface area contributed by atoms with Gasteiger partial charge in [0.1, 0.15) is 0 Å². The van der Waals surface area contributed by atoms with Crippen LogP contribution in [0.2, 0.25) is 0 Å². The molecule has 1 aromatic rings. The van der Waals surface area contributed by atoms with Gasteiger partial charge in [0.2, 0.25) is 0 Å². The van der Waals surface area contributed by atoms with Crippen LogP contribution in [0, 0.1) is 5.92 Å². The van der Waals surface area contributed by atoms with E-state index in [2.05, 4.69) is 39.5 Å². The monoisotopic (exact) mass is 461 g/mol. The Morgan fingerprint density at radius 3 is 2.64 bits per heavy atom. The second kappa shape index (κ2) is 9.75. The summed E-state index contributed by atoms with van der Waals surface area (Å²) < 4.78 is 5.35. The van der Waals surface area contributed by atoms with Gasteiger partial charge in [-0.15, -0.1) is 24.0 Å². The van der Waals surface area contributed by atoms with E-state index >= 15 is 0 Å². The van der Waals surface area contributed by atoms with Crippen molar-refractivity contribution < 1.29 is 4.52 Å². The molecule has 0 amide bonds. The van der Waals surface area contributed by atoms with Gasteiger partial charge in [0.05, 0.1) is 12.2 Å². The molecule has 0 unspecified atom stereocenters. The average Bonchev–Trinajstić information content (AvgIpc) is 3.48. The van der Waals surface area contributed by atoms with Crippen LogP contribution >= 0.6 is 24.0 Å². The molecule has 2 N–H and O–H groups in total. The van der Waals surface area contributed by atoms with E-state index in [4.69, 9.17) is 4.52 Å². The largest absolute Gasteiger partial charge is 0.359 e. The molecule has 0 saturated heterocycles. The average molecular weight is 461 g/mol. The summed E-state index contributed by atoms with van der Waals surface area (Å²) in [6.07, 6.45) is 5.61. The molecule has 142 valence electrons. The Bertz CT molecular complexity index is 551. The van der Waals surface area contributed by atoms with Gasteiger partial charge in [-0.2, -0.15) is 0 Å². The van der Waals surface area contributed by atoms with Crippen molar-refractivity contribution in [3.63, 3.8) is 0 Å². The Labute approximate surface area is 168 Å². The van der Waals surface area contributed by atoms with Gasteiger partial charge in [0.15, 0.2) is 11.7 Å². The maximum absolute atomic E-state index is 5.35. The molecule has 1 heterocycles. The predicted molar refractivity (Wildman–Crippen MR) is 112 cm³/mol. The summed E-state index contributed by atoms with van der Waals surface area (Å²) in [5.41, 5.74) is 0.995. The molecule has 0 atom stereocenters. The van der Waals surface area contributed by atoms with Gasteiger partial charge in [0, 0.05) is 38.8 Å². The highest BCUT2D eigenvalue weighted by Gasteiger charge is 2.33. The van der Waals surface area contributed by atoms with Crippen LogP contribution in [0.3, 0.4) is 0 Å². The molecule has 2 saturated carbocycles. The zero-order valence-electron chi connectivity index (χ0n) is 15.6. The van der Waals surface area contributed by atoms with E-state index in [-0.39, 0.29) is 24.0 Å². The van der Waals surface area contributed by atoms with Crippen LogP contribution in [-0.2, 0) is 6.54 Å². The lowest BCUT2D eigenvalue weighted by Gasteiger charge is -2.22. The normalized spacial score (nSPS) is 17.7. The first-order chi connectivity index (χ1) is 11.7. The minimum absolute atomic E-state index is 0. The van der Waals surface area contributed by atoms with E-state index in [1.165, 1.54) is 32.2 Å². The van der Waals surface area contributed by atoms with Crippen LogP contribution in [0.1, 0.15) is 56.9 Å². The minimum Gasteiger partial charge on any atom is -0.359 e. The van der Waals surface area contributed by atoms with Crippen molar-refractivity contribution >= 4 is 29.9 Å². The maximum Gasteiger partial charge on any atom is 0.191 e. The third-order valence-corrected chi connectivity index (χ3v) is 4.77. The summed E-state index contributed by atoms with van der Waals surface area (Å²) in [6, 6.07) is 2.85. The molecule has 0 radical (unpaired) electrons. The smallest absolute Gasteiger partial charge is 0.191 e. The summed E-state index contributed by atoms with van der Waals surface area (Å²) in [6.45, 7) is 8.14. The number of hydrogen-bond donors (Lipinski definition) is 2. The lowest BCUT2D eigenvalue weighted by molar-refractivity contribution is 0.256. The highest BCUT2D eigenvalue weighted by molar-refractivity contribution is 14.0. The van der Waals surface area contributed by atoms with Gasteiger partial charge < -0.3 is 15.2 Å². The topological polar surface area (TPSA) is 65.7 Å². The van der Waals surface area contributed by atoms with E-state index in [1.807, 2.05) is 6.07 Å². The van der Waals surface area contributed by atoms with Crippen molar-refractivity contribution in [1.29, 1.82) is 0 Å². The molecule has 6 nitrogen and oxygen atoms in total. The second-order valence-corrected chi connectivity index (χ2v) is 7.39. The summed E-state index contributed by atoms with van der Waals surface area (Å²) in [7, 11) is 1.80. The van der Waals surface area contributed by atoms with Crippen molar-refractivity contribution in [2.45, 2.75) is 58.0 Å². The Balaban J connectivity index is 0.00000225. The SMILES string of the molecule is CN=C(NCCN(CC1CC1)C1CC1)NCc1cc(C(C)C)no1.I. The number of nitrogens with zero attached hydrogens (tertiary/aromatic N) is 3. The van der Waals surface area contributed by atoms with Crippen molar-refractivity contribution in [1.82, 2.24) is 20.7 Å². The highest BCUT2D eigenvalue weighted by Crippen LogP contribution is 2.34. The fraction of sp³-hybridized carbons (Fsp3) is 0.778. The Hall–Kier alpha value is -0.830. The van der Waals surface area contributed by atoms with Gasteiger partial charge in [-0.3, -0.25) is 9.89 Å². The Morgan fingerprint density at radius 1 is 1.32 bits per heavy atom. The summed E-state index contributed by atoms with van der Waals surface area (Å²) in [5, 5.41) is 10.8. The van der Waals surface area contributed by atoms with E-state index in [1.54, 1.807) is 7.05 Å². The zero-order valence-corrected chi connectivity index (χ0v) is 18.0. The van der Waals surface area contributed by atoms with Gasteiger partial charge in [-0.25, -0.2) is 0 Å². The van der Waals surface area contributed by atoms with Crippen molar-refractivity contribution in [3.05, 3.63) is 17.5 Å². The summed E-state index contributed by atoms with van der Waals surface area (Å²) >= 11 is 0. The lowest BCUT2D eigenvalue weighted by atomic mass is 10.1. The first kappa shape index (κ1) is 20.5. The maximum atomic E-state index is 5.35. The van der Waals surface area contributed by atoms with Gasteiger partial charge in [-0.1, -0.05) is 19.0 Å². The number of aromatic nitrogens is 1. The number of aliphatic imine (C=N–C) groups is 1. The quantitative estimate of drug-likeness (QED) is 0.336. The molecule has 2 aliphatic rings. The van der Waals surface area contributed by atoms with E-state index in [9.17, 15) is 0 Å². The predicted octanol–water partition coefficient (Wildman–Crippen LogP) is 2.96. The van der Waals surface area contributed by atoms with Crippen LogP contribution in [0.5, 0.6) is 0 Å². The van der Waals surface area contributed by atoms with E-state index < -0.39 is 0 Å². The molecule has 0 aromatic carbocycles. The van der Waals surface area contributed by atoms with Crippen molar-refractivity contribution in [2.75, 3.05) is 26.7 Å². The fourth-order valence-corrected chi connectivity index (χ4v) is 2.89. The second-order valence-electron chi connectivity index (χ2n) is 7.39. The van der Waals surface area contributed by atoms with Crippen LogP contribution in [-0.4, -0.2) is 48.7 Å². The summed E-state index contributed by atoms with van der Waals surface area (Å²) in [5.74, 6) is 3.01. The van der Waals surface area contributed by atoms with Crippen LogP contribution < -0.4 is 10.6 Å². The van der Waals surface area contributed by atoms with Crippen LogP contribution in [0.4, 0.5) is 0 Å². The van der Waals surface area contributed by atoms with Crippen LogP contribution in [0.25, 0.3) is 0 Å².